The van der Waals surface area contributed by atoms with Crippen LogP contribution in [0.25, 0.3) is 33.3 Å². The van der Waals surface area contributed by atoms with Gasteiger partial charge in [-0.2, -0.15) is 17.5 Å². The van der Waals surface area contributed by atoms with Gasteiger partial charge in [0.15, 0.2) is 0 Å². The van der Waals surface area contributed by atoms with E-state index in [1.54, 1.807) is 0 Å². The number of hydrogen-bond donors (Lipinski definition) is 0. The zero-order chi connectivity index (χ0) is 20.8. The van der Waals surface area contributed by atoms with Crippen LogP contribution in [0.5, 0.6) is 0 Å². The molecule has 0 atom stereocenters. The van der Waals surface area contributed by atoms with Crippen molar-refractivity contribution in [3.63, 3.8) is 0 Å². The molecule has 6 nitrogen and oxygen atoms in total. The number of hydrogen-bond acceptors (Lipinski definition) is 7. The van der Waals surface area contributed by atoms with Crippen molar-refractivity contribution in [1.29, 1.82) is 0 Å². The van der Waals surface area contributed by atoms with E-state index in [2.05, 4.69) is 75.8 Å². The Kier molecular flexibility index (Phi) is 4.60. The Bertz CT molecular complexity index is 1220. The Labute approximate surface area is 183 Å². The van der Waals surface area contributed by atoms with E-state index >= 15 is 0 Å². The first-order valence-corrected chi connectivity index (χ1v) is 11.0. The second kappa shape index (κ2) is 7.30. The van der Waals surface area contributed by atoms with Gasteiger partial charge in [-0.05, 0) is 35.4 Å². The van der Waals surface area contributed by atoms with Crippen molar-refractivity contribution >= 4 is 56.9 Å². The third-order valence-corrected chi connectivity index (χ3v) is 6.33. The van der Waals surface area contributed by atoms with Crippen molar-refractivity contribution in [1.82, 2.24) is 8.75 Å². The summed E-state index contributed by atoms with van der Waals surface area (Å²) in [6, 6.07) is 16.9. The zero-order valence-electron chi connectivity index (χ0n) is 17.1. The van der Waals surface area contributed by atoms with Crippen molar-refractivity contribution in [3.05, 3.63) is 48.5 Å². The molecule has 2 heterocycles. The van der Waals surface area contributed by atoms with Crippen LogP contribution in [-0.2, 0) is 11.4 Å². The normalized spacial score (nSPS) is 12.1. The van der Waals surface area contributed by atoms with E-state index in [1.807, 2.05) is 28.2 Å². The summed E-state index contributed by atoms with van der Waals surface area (Å²) >= 11 is 2.46. The molecule has 0 N–H and O–H groups in total. The van der Waals surface area contributed by atoms with E-state index in [9.17, 15) is 0 Å². The first-order valence-electron chi connectivity index (χ1n) is 9.50. The second-order valence-corrected chi connectivity index (χ2v) is 8.61. The van der Waals surface area contributed by atoms with Crippen molar-refractivity contribution in [2.45, 2.75) is 0 Å². The molecular weight excluding hydrogens is 412 g/mol. The second-order valence-electron chi connectivity index (χ2n) is 7.56. The van der Waals surface area contributed by atoms with Crippen LogP contribution < -0.4 is 9.80 Å². The van der Waals surface area contributed by atoms with Crippen LogP contribution in [0.3, 0.4) is 0 Å². The van der Waals surface area contributed by atoms with Gasteiger partial charge in [-0.15, -0.1) is 0 Å². The number of rotatable bonds is 4. The molecule has 0 saturated heterocycles. The van der Waals surface area contributed by atoms with Gasteiger partial charge in [-0.1, -0.05) is 24.3 Å². The van der Waals surface area contributed by atoms with Crippen molar-refractivity contribution in [2.75, 3.05) is 38.0 Å². The zero-order valence-corrected chi connectivity index (χ0v) is 18.8. The summed E-state index contributed by atoms with van der Waals surface area (Å²) in [5, 5.41) is 0. The molecular formula is C22H20N6S2. The van der Waals surface area contributed by atoms with E-state index in [-0.39, 0.29) is 0 Å². The highest BCUT2D eigenvalue weighted by Gasteiger charge is 2.26. The van der Waals surface area contributed by atoms with Gasteiger partial charge >= 0.3 is 0 Å². The summed E-state index contributed by atoms with van der Waals surface area (Å²) in [4.78, 5) is 4.18. The Balaban J connectivity index is 1.74. The van der Waals surface area contributed by atoms with Crippen LogP contribution in [0.15, 0.2) is 57.3 Å². The van der Waals surface area contributed by atoms with Gasteiger partial charge in [0.1, 0.15) is 22.4 Å². The molecule has 4 aromatic rings. The molecule has 0 saturated carbocycles. The largest absolute Gasteiger partial charge is 0.378 e. The van der Waals surface area contributed by atoms with Crippen LogP contribution in [0.4, 0.5) is 22.7 Å². The van der Waals surface area contributed by atoms with Crippen LogP contribution in [0.1, 0.15) is 0 Å². The minimum absolute atomic E-state index is 0.879. The first-order chi connectivity index (χ1) is 14.5. The van der Waals surface area contributed by atoms with Crippen molar-refractivity contribution in [3.8, 4) is 22.3 Å². The molecule has 3 aromatic carbocycles. The fourth-order valence-corrected chi connectivity index (χ4v) is 4.78. The van der Waals surface area contributed by atoms with Crippen LogP contribution in [0.2, 0.25) is 0 Å². The predicted molar refractivity (Wildman–Crippen MR) is 128 cm³/mol. The molecule has 0 aliphatic carbocycles. The summed E-state index contributed by atoms with van der Waals surface area (Å²) < 4.78 is 18.7. The minimum Gasteiger partial charge on any atom is -0.378 e. The van der Waals surface area contributed by atoms with Gasteiger partial charge in [-0.3, -0.25) is 0 Å². The highest BCUT2D eigenvalue weighted by Crippen LogP contribution is 2.51. The van der Waals surface area contributed by atoms with Gasteiger partial charge in [-0.25, -0.2) is 0 Å². The summed E-state index contributed by atoms with van der Waals surface area (Å²) in [5.41, 5.74) is 9.97. The van der Waals surface area contributed by atoms with E-state index in [1.165, 1.54) is 23.1 Å². The Morgan fingerprint density at radius 1 is 0.600 bits per heavy atom. The molecule has 1 aliphatic rings. The van der Waals surface area contributed by atoms with Gasteiger partial charge in [0, 0.05) is 50.7 Å². The maximum Gasteiger partial charge on any atom is 0.115 e. The lowest BCUT2D eigenvalue weighted by Crippen LogP contribution is -2.08. The van der Waals surface area contributed by atoms with Gasteiger partial charge in [0.05, 0.1) is 23.1 Å². The highest BCUT2D eigenvalue weighted by molar-refractivity contribution is 7.58. The molecule has 1 aromatic heterocycles. The summed E-state index contributed by atoms with van der Waals surface area (Å²) in [5.74, 6) is 0. The average molecular weight is 433 g/mol. The van der Waals surface area contributed by atoms with Gasteiger partial charge in [0.25, 0.3) is 0 Å². The SMILES string of the molecule is CN(C)c1ccc(-c2c3c(c(-c4ccc(N(C)C)cc4)c4nsnc24)N=S=N3)cc1. The molecule has 150 valence electrons. The Morgan fingerprint density at radius 2 is 1.00 bits per heavy atom. The Morgan fingerprint density at radius 3 is 1.37 bits per heavy atom. The third kappa shape index (κ3) is 3.00. The predicted octanol–water partition coefficient (Wildman–Crippen LogP) is 5.88. The molecule has 0 unspecified atom stereocenters. The van der Waals surface area contributed by atoms with E-state index in [0.717, 1.165) is 56.0 Å². The quantitative estimate of drug-likeness (QED) is 0.356. The summed E-state index contributed by atoms with van der Waals surface area (Å²) in [6.07, 6.45) is 0. The molecule has 5 rings (SSSR count). The molecule has 0 bridgehead atoms. The number of aromatic nitrogens is 2. The number of fused-ring (bicyclic) bond motifs is 2. The minimum atomic E-state index is 0.879. The number of benzene rings is 3. The molecule has 0 spiro atoms. The molecule has 0 radical (unpaired) electrons. The number of nitrogens with zero attached hydrogens (tertiary/aromatic N) is 6. The third-order valence-electron chi connectivity index (χ3n) is 5.27. The molecule has 30 heavy (non-hydrogen) atoms. The molecule has 0 fully saturated rings. The van der Waals surface area contributed by atoms with Gasteiger partial charge < -0.3 is 9.80 Å². The van der Waals surface area contributed by atoms with E-state index < -0.39 is 0 Å². The summed E-state index contributed by atoms with van der Waals surface area (Å²) in [6.45, 7) is 0. The smallest absolute Gasteiger partial charge is 0.115 e. The monoisotopic (exact) mass is 432 g/mol. The standard InChI is InChI=1S/C22H20N6S2/c1-27(2)15-9-5-13(6-10-15)17-19-21(25-29-23-19)18(22-20(17)24-30-26-22)14-7-11-16(12-8-14)28(3)4/h5-12H,1-4H3. The molecule has 1 aliphatic heterocycles. The summed E-state index contributed by atoms with van der Waals surface area (Å²) in [7, 11) is 8.15. The van der Waals surface area contributed by atoms with Crippen LogP contribution >= 0.6 is 11.7 Å². The lowest BCUT2D eigenvalue weighted by molar-refractivity contribution is 1.13. The van der Waals surface area contributed by atoms with Crippen LogP contribution in [-0.4, -0.2) is 36.9 Å². The van der Waals surface area contributed by atoms with Crippen molar-refractivity contribution in [2.24, 2.45) is 8.73 Å². The van der Waals surface area contributed by atoms with E-state index in [0.29, 0.717) is 0 Å². The van der Waals surface area contributed by atoms with Gasteiger partial charge in [0.2, 0.25) is 0 Å². The van der Waals surface area contributed by atoms with E-state index in [4.69, 9.17) is 0 Å². The first kappa shape index (κ1) is 18.9. The number of anilines is 2. The molecule has 8 heteroatoms. The highest BCUT2D eigenvalue weighted by atomic mass is 32.1. The Hall–Kier alpha value is -3.10. The average Bonchev–Trinajstić information content (AvgIpc) is 3.42. The fourth-order valence-electron chi connectivity index (χ4n) is 3.66. The maximum absolute atomic E-state index is 4.66. The topological polar surface area (TPSA) is 57.0 Å². The van der Waals surface area contributed by atoms with Crippen molar-refractivity contribution < 1.29 is 0 Å². The van der Waals surface area contributed by atoms with Crippen LogP contribution in [0, 0.1) is 0 Å². The lowest BCUT2D eigenvalue weighted by Gasteiger charge is -2.16. The molecule has 0 amide bonds. The lowest BCUT2D eigenvalue weighted by atomic mass is 9.93. The maximum atomic E-state index is 4.66. The fraction of sp³-hybridized carbons (Fsp3) is 0.182.